The molecule has 0 aliphatic carbocycles. The second-order valence-electron chi connectivity index (χ2n) is 3.15. The number of rotatable bonds is 1. The molecule has 5 N–H and O–H groups in total. The van der Waals surface area contributed by atoms with Crippen LogP contribution in [-0.4, -0.2) is 62.2 Å². The summed E-state index contributed by atoms with van der Waals surface area (Å²) in [5.74, 6) is -4.59. The van der Waals surface area contributed by atoms with Crippen LogP contribution >= 0.6 is 0 Å². The highest BCUT2D eigenvalue weighted by atomic mass is 17.0. The van der Waals surface area contributed by atoms with Gasteiger partial charge in [-0.2, -0.15) is 0 Å². The lowest BCUT2D eigenvalue weighted by Gasteiger charge is -2.32. The van der Waals surface area contributed by atoms with Crippen LogP contribution in [0.25, 0.3) is 0 Å². The van der Waals surface area contributed by atoms with Gasteiger partial charge in [0, 0.05) is 0 Å². The Kier molecular flexibility index (Phi) is 1.71. The molecule has 0 aromatic rings. The van der Waals surface area contributed by atoms with Crippen LogP contribution in [0.3, 0.4) is 0 Å². The van der Waals surface area contributed by atoms with Crippen molar-refractivity contribution in [1.82, 2.24) is 0 Å². The third-order valence-electron chi connectivity index (χ3n) is 2.30. The molecule has 0 spiro atoms. The van der Waals surface area contributed by atoms with Gasteiger partial charge in [-0.15, -0.1) is 0 Å². The molecule has 0 radical (unpaired) electrons. The lowest BCUT2D eigenvalue weighted by Crippen LogP contribution is -2.58. The van der Waals surface area contributed by atoms with Crippen molar-refractivity contribution in [1.29, 1.82) is 0 Å². The fourth-order valence-corrected chi connectivity index (χ4v) is 1.40. The summed E-state index contributed by atoms with van der Waals surface area (Å²) in [6.07, 6.45) is -4.39. The summed E-state index contributed by atoms with van der Waals surface area (Å²) < 4.78 is 8.94. The van der Waals surface area contributed by atoms with E-state index < -0.39 is 36.7 Å². The third kappa shape index (κ3) is 0.974. The van der Waals surface area contributed by atoms with Gasteiger partial charge in [0.25, 0.3) is 5.79 Å². The minimum absolute atomic E-state index is 0.597. The molecule has 2 heterocycles. The van der Waals surface area contributed by atoms with Crippen molar-refractivity contribution in [3.8, 4) is 0 Å². The molecular weight excluding hydrogens is 184 g/mol. The summed E-state index contributed by atoms with van der Waals surface area (Å²) in [6, 6.07) is 0. The number of hydrogen-bond donors (Lipinski definition) is 5. The lowest BCUT2D eigenvalue weighted by molar-refractivity contribution is -0.294. The fourth-order valence-electron chi connectivity index (χ4n) is 1.40. The molecule has 0 saturated carbocycles. The van der Waals surface area contributed by atoms with Gasteiger partial charge in [0.15, 0.2) is 0 Å². The average molecular weight is 194 g/mol. The first-order chi connectivity index (χ1) is 5.94. The Hall–Kier alpha value is -0.280. The van der Waals surface area contributed by atoms with E-state index in [1.807, 2.05) is 0 Å². The minimum atomic E-state index is -2.31. The van der Waals surface area contributed by atoms with E-state index in [9.17, 15) is 20.4 Å². The molecule has 2 aliphatic rings. The maximum absolute atomic E-state index is 9.27. The molecule has 5 atom stereocenters. The minimum Gasteiger partial charge on any atom is -0.394 e. The van der Waals surface area contributed by atoms with Crippen molar-refractivity contribution < 1.29 is 35.0 Å². The SMILES string of the molecule is OC[C@H]1O[C@]2(O)O[C@]2(O)[C@@H](O)[C@H]1O. The number of aliphatic hydroxyl groups is 5. The Morgan fingerprint density at radius 2 is 1.85 bits per heavy atom. The largest absolute Gasteiger partial charge is 0.394 e. The molecule has 76 valence electrons. The molecule has 2 saturated heterocycles. The van der Waals surface area contributed by atoms with E-state index in [0.717, 1.165) is 0 Å². The van der Waals surface area contributed by atoms with E-state index in [4.69, 9.17) is 5.11 Å². The van der Waals surface area contributed by atoms with E-state index in [0.29, 0.717) is 0 Å². The number of fused-ring (bicyclic) bond motifs is 1. The van der Waals surface area contributed by atoms with Crippen LogP contribution < -0.4 is 0 Å². The maximum Gasteiger partial charge on any atom is 0.344 e. The van der Waals surface area contributed by atoms with Crippen molar-refractivity contribution in [2.75, 3.05) is 6.61 Å². The first kappa shape index (κ1) is 9.28. The predicted molar refractivity (Wildman–Crippen MR) is 35.0 cm³/mol. The fraction of sp³-hybridized carbons (Fsp3) is 1.00. The van der Waals surface area contributed by atoms with Gasteiger partial charge in [0.1, 0.15) is 18.3 Å². The van der Waals surface area contributed by atoms with E-state index >= 15 is 0 Å². The van der Waals surface area contributed by atoms with Gasteiger partial charge in [-0.1, -0.05) is 0 Å². The molecule has 7 nitrogen and oxygen atoms in total. The highest BCUT2D eigenvalue weighted by Gasteiger charge is 2.81. The number of hydrogen-bond acceptors (Lipinski definition) is 7. The van der Waals surface area contributed by atoms with Crippen LogP contribution in [0.15, 0.2) is 0 Å². The van der Waals surface area contributed by atoms with E-state index in [1.165, 1.54) is 0 Å². The molecule has 0 aromatic heterocycles. The summed E-state index contributed by atoms with van der Waals surface area (Å²) in [6.45, 7) is -0.597. The van der Waals surface area contributed by atoms with Crippen LogP contribution in [0.5, 0.6) is 0 Å². The normalized spacial score (nSPS) is 60.2. The molecule has 13 heavy (non-hydrogen) atoms. The van der Waals surface area contributed by atoms with Crippen LogP contribution in [0.1, 0.15) is 0 Å². The highest BCUT2D eigenvalue weighted by Crippen LogP contribution is 2.52. The molecule has 0 bridgehead atoms. The standard InChI is InChI=1S/C6H10O7/c7-1-2-3(8)4(9)5(10)6(11,12-2)13-5/h2-4,7-11H,1H2/t2-,3+,4+,5-,6+/m1/s1. The Morgan fingerprint density at radius 1 is 1.23 bits per heavy atom. The van der Waals surface area contributed by atoms with Gasteiger partial charge < -0.3 is 30.3 Å². The van der Waals surface area contributed by atoms with Crippen LogP contribution in [0, 0.1) is 0 Å². The topological polar surface area (TPSA) is 123 Å². The maximum atomic E-state index is 9.27. The monoisotopic (exact) mass is 194 g/mol. The highest BCUT2D eigenvalue weighted by molar-refractivity contribution is 5.07. The summed E-state index contributed by atoms with van der Waals surface area (Å²) in [7, 11) is 0. The molecule has 0 unspecified atom stereocenters. The van der Waals surface area contributed by atoms with E-state index in [2.05, 4.69) is 9.47 Å². The van der Waals surface area contributed by atoms with Crippen LogP contribution in [0.2, 0.25) is 0 Å². The van der Waals surface area contributed by atoms with Crippen molar-refractivity contribution in [3.63, 3.8) is 0 Å². The molecule has 2 aliphatic heterocycles. The lowest BCUT2D eigenvalue weighted by atomic mass is 9.99. The van der Waals surface area contributed by atoms with Crippen LogP contribution in [0.4, 0.5) is 0 Å². The van der Waals surface area contributed by atoms with Crippen molar-refractivity contribution in [2.45, 2.75) is 30.1 Å². The second-order valence-corrected chi connectivity index (χ2v) is 3.15. The van der Waals surface area contributed by atoms with Crippen molar-refractivity contribution >= 4 is 0 Å². The summed E-state index contributed by atoms with van der Waals surface area (Å²) in [4.78, 5) is 0. The molecular formula is C6H10O7. The molecule has 0 aromatic carbocycles. The van der Waals surface area contributed by atoms with Gasteiger partial charge in [0.2, 0.25) is 0 Å². The predicted octanol–water partition coefficient (Wildman–Crippen LogP) is -3.54. The Balaban J connectivity index is 2.21. The first-order valence-corrected chi connectivity index (χ1v) is 3.74. The zero-order valence-electron chi connectivity index (χ0n) is 6.49. The van der Waals surface area contributed by atoms with Crippen molar-refractivity contribution in [3.05, 3.63) is 0 Å². The van der Waals surface area contributed by atoms with Gasteiger partial charge in [-0.25, -0.2) is 0 Å². The smallest absolute Gasteiger partial charge is 0.344 e. The number of ether oxygens (including phenoxy) is 2. The van der Waals surface area contributed by atoms with Gasteiger partial charge in [-0.3, -0.25) is 4.74 Å². The zero-order valence-corrected chi connectivity index (χ0v) is 6.49. The summed E-state index contributed by atoms with van der Waals surface area (Å²) >= 11 is 0. The molecule has 2 fully saturated rings. The number of aliphatic hydroxyl groups excluding tert-OH is 3. The van der Waals surface area contributed by atoms with Gasteiger partial charge in [-0.05, 0) is 0 Å². The second kappa shape index (κ2) is 2.39. The Morgan fingerprint density at radius 3 is 2.38 bits per heavy atom. The quantitative estimate of drug-likeness (QED) is 0.274. The van der Waals surface area contributed by atoms with E-state index in [1.54, 1.807) is 0 Å². The zero-order chi connectivity index (χ0) is 9.85. The summed E-state index contributed by atoms with van der Waals surface area (Å²) in [5, 5.41) is 45.6. The average Bonchev–Trinajstić information content (AvgIpc) is 2.64. The van der Waals surface area contributed by atoms with Gasteiger partial charge >= 0.3 is 5.97 Å². The van der Waals surface area contributed by atoms with Crippen molar-refractivity contribution in [2.24, 2.45) is 0 Å². The Labute approximate surface area is 72.8 Å². The molecule has 0 amide bonds. The third-order valence-corrected chi connectivity index (χ3v) is 2.30. The van der Waals surface area contributed by atoms with E-state index in [-0.39, 0.29) is 0 Å². The summed E-state index contributed by atoms with van der Waals surface area (Å²) in [5.41, 5.74) is 0. The first-order valence-electron chi connectivity index (χ1n) is 3.74. The van der Waals surface area contributed by atoms with Crippen LogP contribution in [-0.2, 0) is 9.47 Å². The number of epoxide rings is 1. The Bertz CT molecular complexity index is 233. The van der Waals surface area contributed by atoms with Gasteiger partial charge in [0.05, 0.1) is 6.61 Å². The molecule has 7 heteroatoms. The molecule has 2 rings (SSSR count).